The number of hydrogen-bond acceptors (Lipinski definition) is 6. The molecule has 0 amide bonds. The maximum absolute atomic E-state index is 9.10. The van der Waals surface area contributed by atoms with E-state index in [-0.39, 0.29) is 0 Å². The number of benzene rings is 1. The van der Waals surface area contributed by atoms with Gasteiger partial charge >= 0.3 is 11.9 Å². The van der Waals surface area contributed by atoms with Gasteiger partial charge in [-0.2, -0.15) is 0 Å². The minimum Gasteiger partial charge on any atom is -0.490 e. The first-order valence-corrected chi connectivity index (χ1v) is 9.52. The van der Waals surface area contributed by atoms with Crippen LogP contribution in [0.1, 0.15) is 33.6 Å². The number of carboxylic acids is 2. The van der Waals surface area contributed by atoms with Crippen molar-refractivity contribution in [2.24, 2.45) is 0 Å². The summed E-state index contributed by atoms with van der Waals surface area (Å²) in [6.45, 7) is 10.9. The van der Waals surface area contributed by atoms with Crippen molar-refractivity contribution in [1.29, 1.82) is 0 Å². The molecule has 1 fully saturated rings. The van der Waals surface area contributed by atoms with Gasteiger partial charge < -0.3 is 24.4 Å². The third kappa shape index (κ3) is 9.57. The molecule has 0 aliphatic carbocycles. The van der Waals surface area contributed by atoms with Gasteiger partial charge in [0, 0.05) is 13.1 Å². The number of nitrogens with zero attached hydrogens (tertiary/aromatic N) is 1. The van der Waals surface area contributed by atoms with Crippen molar-refractivity contribution in [2.75, 3.05) is 32.8 Å². The quantitative estimate of drug-likeness (QED) is 0.509. The van der Waals surface area contributed by atoms with E-state index in [1.165, 1.54) is 0 Å². The van der Waals surface area contributed by atoms with Crippen LogP contribution in [0.25, 0.3) is 0 Å². The number of ether oxygens (including phenoxy) is 3. The van der Waals surface area contributed by atoms with E-state index in [2.05, 4.69) is 18.7 Å². The normalized spacial score (nSPS) is 19.2. The summed E-state index contributed by atoms with van der Waals surface area (Å²) in [7, 11) is 0. The number of rotatable bonds is 8. The van der Waals surface area contributed by atoms with E-state index < -0.39 is 11.9 Å². The van der Waals surface area contributed by atoms with Crippen molar-refractivity contribution >= 4 is 11.9 Å². The van der Waals surface area contributed by atoms with E-state index in [1.54, 1.807) is 0 Å². The maximum Gasteiger partial charge on any atom is 0.414 e. The van der Waals surface area contributed by atoms with Crippen molar-refractivity contribution in [3.05, 3.63) is 24.3 Å². The zero-order valence-corrected chi connectivity index (χ0v) is 16.8. The lowest BCUT2D eigenvalue weighted by Gasteiger charge is -2.35. The Balaban J connectivity index is 0.000000568. The van der Waals surface area contributed by atoms with E-state index >= 15 is 0 Å². The molecule has 158 valence electrons. The third-order valence-electron chi connectivity index (χ3n) is 3.95. The van der Waals surface area contributed by atoms with Gasteiger partial charge in [-0.25, -0.2) is 9.59 Å². The maximum atomic E-state index is 9.10. The summed E-state index contributed by atoms with van der Waals surface area (Å²) in [5.41, 5.74) is 0. The molecule has 8 nitrogen and oxygen atoms in total. The van der Waals surface area contributed by atoms with Crippen molar-refractivity contribution in [2.45, 2.75) is 45.8 Å². The Morgan fingerprint density at radius 3 is 2.07 bits per heavy atom. The molecule has 0 radical (unpaired) electrons. The van der Waals surface area contributed by atoms with Crippen molar-refractivity contribution in [3.8, 4) is 11.5 Å². The molecule has 2 N–H and O–H groups in total. The fourth-order valence-electron chi connectivity index (χ4n) is 2.93. The summed E-state index contributed by atoms with van der Waals surface area (Å²) in [4.78, 5) is 20.7. The van der Waals surface area contributed by atoms with Gasteiger partial charge in [0.2, 0.25) is 0 Å². The molecule has 1 aliphatic heterocycles. The van der Waals surface area contributed by atoms with Crippen LogP contribution in [0.4, 0.5) is 0 Å². The molecule has 28 heavy (non-hydrogen) atoms. The number of carboxylic acid groups (broad SMARTS) is 2. The number of unbranched alkanes of at least 4 members (excludes halogenated alkanes) is 1. The van der Waals surface area contributed by atoms with Gasteiger partial charge in [-0.15, -0.1) is 0 Å². The van der Waals surface area contributed by atoms with Crippen molar-refractivity contribution in [3.63, 3.8) is 0 Å². The monoisotopic (exact) mass is 397 g/mol. The Kier molecular flexibility index (Phi) is 11.0. The molecular weight excluding hydrogens is 366 g/mol. The molecule has 2 unspecified atom stereocenters. The van der Waals surface area contributed by atoms with Crippen LogP contribution in [0, 0.1) is 0 Å². The predicted octanol–water partition coefficient (Wildman–Crippen LogP) is 2.51. The van der Waals surface area contributed by atoms with Crippen LogP contribution >= 0.6 is 0 Å². The Hall–Kier alpha value is -2.32. The van der Waals surface area contributed by atoms with Crippen LogP contribution < -0.4 is 9.47 Å². The van der Waals surface area contributed by atoms with Gasteiger partial charge in [0.25, 0.3) is 0 Å². The summed E-state index contributed by atoms with van der Waals surface area (Å²) in [6, 6.07) is 7.87. The van der Waals surface area contributed by atoms with Crippen LogP contribution in [-0.4, -0.2) is 72.1 Å². The summed E-state index contributed by atoms with van der Waals surface area (Å²) in [6.07, 6.45) is 2.90. The average molecular weight is 397 g/mol. The minimum atomic E-state index is -1.82. The summed E-state index contributed by atoms with van der Waals surface area (Å²) in [5.74, 6) is -1.97. The van der Waals surface area contributed by atoms with E-state index in [9.17, 15) is 0 Å². The molecule has 1 aliphatic rings. The first-order valence-electron chi connectivity index (χ1n) is 9.52. The lowest BCUT2D eigenvalue weighted by molar-refractivity contribution is -0.159. The largest absolute Gasteiger partial charge is 0.490 e. The Bertz CT molecular complexity index is 586. The zero-order valence-electron chi connectivity index (χ0n) is 16.8. The van der Waals surface area contributed by atoms with Crippen LogP contribution in [-0.2, 0) is 14.3 Å². The average Bonchev–Trinajstić information content (AvgIpc) is 2.62. The molecule has 1 aromatic rings. The second-order valence-corrected chi connectivity index (χ2v) is 6.56. The Labute approximate surface area is 166 Å². The van der Waals surface area contributed by atoms with E-state index in [1.807, 2.05) is 31.2 Å². The molecule has 0 aromatic heterocycles. The van der Waals surface area contributed by atoms with Gasteiger partial charge in [0.1, 0.15) is 0 Å². The number of para-hydroxylation sites is 2. The van der Waals surface area contributed by atoms with E-state index in [0.717, 1.165) is 50.6 Å². The molecule has 1 heterocycles. The highest BCUT2D eigenvalue weighted by molar-refractivity contribution is 6.27. The van der Waals surface area contributed by atoms with Gasteiger partial charge in [-0.3, -0.25) is 4.90 Å². The van der Waals surface area contributed by atoms with Crippen LogP contribution in [0.5, 0.6) is 11.5 Å². The summed E-state index contributed by atoms with van der Waals surface area (Å²) in [5, 5.41) is 14.8. The van der Waals surface area contributed by atoms with E-state index in [0.29, 0.717) is 18.8 Å². The van der Waals surface area contributed by atoms with Crippen LogP contribution in [0.3, 0.4) is 0 Å². The SMILES string of the molecule is CCOc1ccccc1OCCCCN1CC(C)OC(C)C1.O=C(O)C(=O)O. The number of aliphatic carboxylic acids is 2. The second kappa shape index (κ2) is 13.0. The third-order valence-corrected chi connectivity index (χ3v) is 3.95. The van der Waals surface area contributed by atoms with Gasteiger partial charge in [-0.1, -0.05) is 12.1 Å². The predicted molar refractivity (Wildman–Crippen MR) is 104 cm³/mol. The topological polar surface area (TPSA) is 106 Å². The van der Waals surface area contributed by atoms with Crippen molar-refractivity contribution < 1.29 is 34.0 Å². The smallest absolute Gasteiger partial charge is 0.414 e. The summed E-state index contributed by atoms with van der Waals surface area (Å²) < 4.78 is 17.2. The molecule has 2 atom stereocenters. The number of carbonyl (C=O) groups is 2. The fourth-order valence-corrected chi connectivity index (χ4v) is 2.93. The number of hydrogen-bond donors (Lipinski definition) is 2. The molecule has 1 saturated heterocycles. The summed E-state index contributed by atoms with van der Waals surface area (Å²) >= 11 is 0. The van der Waals surface area contributed by atoms with Gasteiger partial charge in [0.05, 0.1) is 25.4 Å². The van der Waals surface area contributed by atoms with Gasteiger partial charge in [-0.05, 0) is 52.3 Å². The first kappa shape index (κ1) is 23.7. The Morgan fingerprint density at radius 2 is 1.57 bits per heavy atom. The lowest BCUT2D eigenvalue weighted by atomic mass is 10.2. The molecular formula is C20H31NO7. The van der Waals surface area contributed by atoms with Crippen LogP contribution in [0.15, 0.2) is 24.3 Å². The highest BCUT2D eigenvalue weighted by Gasteiger charge is 2.21. The highest BCUT2D eigenvalue weighted by Crippen LogP contribution is 2.26. The molecule has 0 spiro atoms. The first-order chi connectivity index (χ1) is 13.3. The molecule has 0 saturated carbocycles. The van der Waals surface area contributed by atoms with Crippen LogP contribution in [0.2, 0.25) is 0 Å². The fraction of sp³-hybridized carbons (Fsp3) is 0.600. The molecule has 0 bridgehead atoms. The van der Waals surface area contributed by atoms with Crippen molar-refractivity contribution in [1.82, 2.24) is 4.90 Å². The zero-order chi connectivity index (χ0) is 20.9. The highest BCUT2D eigenvalue weighted by atomic mass is 16.5. The second-order valence-electron chi connectivity index (χ2n) is 6.56. The molecule has 8 heteroatoms. The Morgan fingerprint density at radius 1 is 1.04 bits per heavy atom. The minimum absolute atomic E-state index is 0.345. The molecule has 1 aromatic carbocycles. The van der Waals surface area contributed by atoms with Gasteiger partial charge in [0.15, 0.2) is 11.5 Å². The lowest BCUT2D eigenvalue weighted by Crippen LogP contribution is -2.45. The molecule has 2 rings (SSSR count). The van der Waals surface area contributed by atoms with E-state index in [4.69, 9.17) is 34.0 Å². The standard InChI is InChI=1S/C18H29NO3.C2H2O4/c1-4-20-17-9-5-6-10-18(17)21-12-8-7-11-19-13-15(2)22-16(3)14-19;3-1(4)2(5)6/h5-6,9-10,15-16H,4,7-8,11-14H2,1-3H3;(H,3,4)(H,5,6). The number of morpholine rings is 1.